The molecule has 3 rings (SSSR count). The highest BCUT2D eigenvalue weighted by molar-refractivity contribution is 9.10. The Balaban J connectivity index is 2.15. The molecule has 1 heterocycles. The summed E-state index contributed by atoms with van der Waals surface area (Å²) in [5.41, 5.74) is 1.91. The summed E-state index contributed by atoms with van der Waals surface area (Å²) in [6.07, 6.45) is 1.66. The first kappa shape index (κ1) is 13.7. The average Bonchev–Trinajstić information content (AvgIpc) is 2.82. The minimum absolute atomic E-state index is 0.0760. The van der Waals surface area contributed by atoms with Gasteiger partial charge in [0.25, 0.3) is 0 Å². The van der Waals surface area contributed by atoms with Crippen molar-refractivity contribution in [1.29, 1.82) is 0 Å². The lowest BCUT2D eigenvalue weighted by Crippen LogP contribution is -2.00. The molecule has 0 saturated carbocycles. The number of carbonyl (C=O) groups excluding carboxylic acids is 1. The number of rotatable bonds is 2. The number of hydrogen-bond acceptors (Lipinski definition) is 1. The summed E-state index contributed by atoms with van der Waals surface area (Å²) in [6.45, 7) is 0. The number of carbonyl (C=O) groups is 1. The van der Waals surface area contributed by atoms with Gasteiger partial charge in [-0.3, -0.25) is 4.79 Å². The minimum atomic E-state index is -0.0760. The Kier molecular flexibility index (Phi) is 3.59. The van der Waals surface area contributed by atoms with Crippen molar-refractivity contribution >= 4 is 55.8 Å². The third-order valence-electron chi connectivity index (χ3n) is 3.05. The van der Waals surface area contributed by atoms with Gasteiger partial charge in [-0.2, -0.15) is 0 Å². The first-order valence-corrected chi connectivity index (χ1v) is 7.37. The van der Waals surface area contributed by atoms with Crippen LogP contribution in [-0.4, -0.2) is 10.8 Å². The van der Waals surface area contributed by atoms with Crippen LogP contribution in [0, 0.1) is 0 Å². The van der Waals surface area contributed by atoms with Gasteiger partial charge in [0.15, 0.2) is 5.78 Å². The van der Waals surface area contributed by atoms with Crippen molar-refractivity contribution in [3.8, 4) is 0 Å². The van der Waals surface area contributed by atoms with Gasteiger partial charge in [0.2, 0.25) is 0 Å². The van der Waals surface area contributed by atoms with Gasteiger partial charge in [0.1, 0.15) is 0 Å². The standard InChI is InChI=1S/C15H8BrCl2NO/c16-9-3-1-8(2-4-9)15(20)11-7-19-13-6-10(17)5-12(18)14(11)13/h1-7,19H. The van der Waals surface area contributed by atoms with E-state index in [1.807, 2.05) is 12.1 Å². The van der Waals surface area contributed by atoms with E-state index in [4.69, 9.17) is 23.2 Å². The van der Waals surface area contributed by atoms with Crippen LogP contribution >= 0.6 is 39.1 Å². The largest absolute Gasteiger partial charge is 0.360 e. The van der Waals surface area contributed by atoms with Gasteiger partial charge in [-0.15, -0.1) is 0 Å². The number of H-pyrrole nitrogens is 1. The molecule has 0 aliphatic heterocycles. The zero-order chi connectivity index (χ0) is 14.3. The molecule has 0 unspecified atom stereocenters. The zero-order valence-corrected chi connectivity index (χ0v) is 13.2. The first-order chi connectivity index (χ1) is 9.56. The Morgan fingerprint density at radius 2 is 1.80 bits per heavy atom. The summed E-state index contributed by atoms with van der Waals surface area (Å²) in [7, 11) is 0. The number of ketones is 1. The average molecular weight is 369 g/mol. The molecular weight excluding hydrogens is 361 g/mol. The molecule has 3 aromatic rings. The van der Waals surface area contributed by atoms with Gasteiger partial charge in [0, 0.05) is 37.7 Å². The maximum atomic E-state index is 12.5. The van der Waals surface area contributed by atoms with Crippen molar-refractivity contribution in [2.24, 2.45) is 0 Å². The van der Waals surface area contributed by atoms with Crippen LogP contribution in [0.2, 0.25) is 10.0 Å². The van der Waals surface area contributed by atoms with Crippen molar-refractivity contribution in [2.45, 2.75) is 0 Å². The molecule has 0 radical (unpaired) electrons. The predicted molar refractivity (Wildman–Crippen MR) is 85.9 cm³/mol. The number of fused-ring (bicyclic) bond motifs is 1. The van der Waals surface area contributed by atoms with Crippen molar-refractivity contribution in [3.05, 3.63) is 68.2 Å². The molecule has 2 aromatic carbocycles. The fourth-order valence-electron chi connectivity index (χ4n) is 2.12. The summed E-state index contributed by atoms with van der Waals surface area (Å²) in [4.78, 5) is 15.6. The lowest BCUT2D eigenvalue weighted by atomic mass is 10.0. The lowest BCUT2D eigenvalue weighted by molar-refractivity contribution is 0.104. The van der Waals surface area contributed by atoms with Gasteiger partial charge in [0.05, 0.1) is 5.02 Å². The van der Waals surface area contributed by atoms with E-state index in [0.717, 1.165) is 9.99 Å². The van der Waals surface area contributed by atoms with E-state index >= 15 is 0 Å². The normalized spacial score (nSPS) is 10.9. The van der Waals surface area contributed by atoms with Crippen molar-refractivity contribution < 1.29 is 4.79 Å². The van der Waals surface area contributed by atoms with E-state index in [9.17, 15) is 4.79 Å². The fourth-order valence-corrected chi connectivity index (χ4v) is 2.98. The SMILES string of the molecule is O=C(c1ccc(Br)cc1)c1c[nH]c2cc(Cl)cc(Cl)c12. The second-order valence-electron chi connectivity index (χ2n) is 4.35. The van der Waals surface area contributed by atoms with Crippen LogP contribution in [0.1, 0.15) is 15.9 Å². The molecule has 0 fully saturated rings. The van der Waals surface area contributed by atoms with E-state index in [2.05, 4.69) is 20.9 Å². The van der Waals surface area contributed by atoms with E-state index in [0.29, 0.717) is 26.6 Å². The Hall–Kier alpha value is -1.29. The maximum Gasteiger partial charge on any atom is 0.195 e. The van der Waals surface area contributed by atoms with Crippen molar-refractivity contribution in [1.82, 2.24) is 4.98 Å². The van der Waals surface area contributed by atoms with Gasteiger partial charge in [-0.05, 0) is 36.4 Å². The lowest BCUT2D eigenvalue weighted by Gasteiger charge is -2.02. The molecule has 20 heavy (non-hydrogen) atoms. The maximum absolute atomic E-state index is 12.5. The second-order valence-corrected chi connectivity index (χ2v) is 6.11. The van der Waals surface area contributed by atoms with Crippen LogP contribution in [-0.2, 0) is 0 Å². The number of hydrogen-bond donors (Lipinski definition) is 1. The predicted octanol–water partition coefficient (Wildman–Crippen LogP) is 5.47. The van der Waals surface area contributed by atoms with Crippen LogP contribution in [0.5, 0.6) is 0 Å². The molecule has 1 N–H and O–H groups in total. The summed E-state index contributed by atoms with van der Waals surface area (Å²) < 4.78 is 0.929. The molecule has 1 aromatic heterocycles. The minimum Gasteiger partial charge on any atom is -0.360 e. The third kappa shape index (κ3) is 2.37. The third-order valence-corrected chi connectivity index (χ3v) is 4.09. The van der Waals surface area contributed by atoms with Gasteiger partial charge in [-0.1, -0.05) is 39.1 Å². The van der Waals surface area contributed by atoms with E-state index < -0.39 is 0 Å². The Morgan fingerprint density at radius 3 is 2.50 bits per heavy atom. The number of aromatic amines is 1. The van der Waals surface area contributed by atoms with Crippen LogP contribution in [0.25, 0.3) is 10.9 Å². The molecule has 0 amide bonds. The summed E-state index contributed by atoms with van der Waals surface area (Å²) in [5, 5.41) is 1.70. The van der Waals surface area contributed by atoms with Gasteiger partial charge in [-0.25, -0.2) is 0 Å². The van der Waals surface area contributed by atoms with Crippen LogP contribution in [0.15, 0.2) is 47.1 Å². The quantitative estimate of drug-likeness (QED) is 0.598. The molecule has 0 spiro atoms. The van der Waals surface area contributed by atoms with Gasteiger partial charge >= 0.3 is 0 Å². The van der Waals surface area contributed by atoms with Crippen molar-refractivity contribution in [3.63, 3.8) is 0 Å². The number of benzene rings is 2. The van der Waals surface area contributed by atoms with Crippen LogP contribution in [0.3, 0.4) is 0 Å². The fraction of sp³-hybridized carbons (Fsp3) is 0. The Morgan fingerprint density at radius 1 is 1.10 bits per heavy atom. The highest BCUT2D eigenvalue weighted by Crippen LogP contribution is 2.31. The molecule has 100 valence electrons. The molecule has 2 nitrogen and oxygen atoms in total. The second kappa shape index (κ2) is 5.24. The van der Waals surface area contributed by atoms with Crippen LogP contribution in [0.4, 0.5) is 0 Å². The van der Waals surface area contributed by atoms with Gasteiger partial charge < -0.3 is 4.98 Å². The first-order valence-electron chi connectivity index (χ1n) is 5.82. The van der Waals surface area contributed by atoms with Crippen LogP contribution < -0.4 is 0 Å². The molecule has 0 aliphatic rings. The zero-order valence-electron chi connectivity index (χ0n) is 10.1. The summed E-state index contributed by atoms with van der Waals surface area (Å²) in [6, 6.07) is 10.6. The molecule has 0 atom stereocenters. The van der Waals surface area contributed by atoms with E-state index in [1.54, 1.807) is 30.5 Å². The monoisotopic (exact) mass is 367 g/mol. The topological polar surface area (TPSA) is 32.9 Å². The Bertz CT molecular complexity index is 809. The molecule has 0 bridgehead atoms. The van der Waals surface area contributed by atoms with E-state index in [-0.39, 0.29) is 5.78 Å². The smallest absolute Gasteiger partial charge is 0.195 e. The highest BCUT2D eigenvalue weighted by atomic mass is 79.9. The highest BCUT2D eigenvalue weighted by Gasteiger charge is 2.16. The van der Waals surface area contributed by atoms with Crippen molar-refractivity contribution in [2.75, 3.05) is 0 Å². The van der Waals surface area contributed by atoms with E-state index in [1.165, 1.54) is 0 Å². The number of aromatic nitrogens is 1. The molecule has 0 aliphatic carbocycles. The number of nitrogens with one attached hydrogen (secondary N) is 1. The Labute approximate surface area is 133 Å². The molecule has 0 saturated heterocycles. The summed E-state index contributed by atoms with van der Waals surface area (Å²) >= 11 is 15.5. The molecular formula is C15H8BrCl2NO. The number of halogens is 3. The summed E-state index contributed by atoms with van der Waals surface area (Å²) in [5.74, 6) is -0.0760. The molecule has 5 heteroatoms.